The molecule has 1 aromatic carbocycles. The topological polar surface area (TPSA) is 49.5 Å². The van der Waals surface area contributed by atoms with Crippen LogP contribution in [0.25, 0.3) is 11.3 Å². The number of benzene rings is 1. The zero-order valence-electron chi connectivity index (χ0n) is 11.7. The molecule has 0 aliphatic carbocycles. The third-order valence-corrected chi connectivity index (χ3v) is 3.79. The maximum Gasteiger partial charge on any atom is 0.416 e. The number of hydrogen-bond donors (Lipinski definition) is 1. The van der Waals surface area contributed by atoms with Crippen LogP contribution >= 0.6 is 0 Å². The van der Waals surface area contributed by atoms with Gasteiger partial charge in [0.15, 0.2) is 12.2 Å². The van der Waals surface area contributed by atoms with Crippen LogP contribution < -0.4 is 4.90 Å². The number of hydrogen-bond acceptors (Lipinski definition) is 4. The van der Waals surface area contributed by atoms with Crippen LogP contribution in [0.5, 0.6) is 0 Å². The second-order valence-electron chi connectivity index (χ2n) is 5.35. The molecule has 0 bridgehead atoms. The minimum absolute atomic E-state index is 0.296. The first-order chi connectivity index (χ1) is 10.4. The van der Waals surface area contributed by atoms with E-state index in [1.165, 1.54) is 12.6 Å². The predicted octanol–water partition coefficient (Wildman–Crippen LogP) is 3.32. The number of aliphatic hydroxyl groups excluding tert-OH is 1. The Morgan fingerprint density at radius 2 is 1.91 bits per heavy atom. The molecule has 0 spiro atoms. The third kappa shape index (κ3) is 3.09. The largest absolute Gasteiger partial charge is 0.444 e. The summed E-state index contributed by atoms with van der Waals surface area (Å²) >= 11 is 0. The summed E-state index contributed by atoms with van der Waals surface area (Å²) < 4.78 is 44.5. The molecule has 118 valence electrons. The number of aliphatic hydroxyl groups is 1. The Morgan fingerprint density at radius 3 is 2.50 bits per heavy atom. The Bertz CT molecular complexity index is 633. The Labute approximate surface area is 125 Å². The smallest absolute Gasteiger partial charge is 0.416 e. The minimum atomic E-state index is -4.43. The number of oxazole rings is 1. The number of anilines is 1. The minimum Gasteiger partial charge on any atom is -0.444 e. The van der Waals surface area contributed by atoms with Gasteiger partial charge in [-0.05, 0) is 31.0 Å². The summed E-state index contributed by atoms with van der Waals surface area (Å²) in [6.45, 7) is 1.05. The summed E-state index contributed by atoms with van der Waals surface area (Å²) in [5.74, 6) is 0.296. The maximum atomic E-state index is 13.1. The van der Waals surface area contributed by atoms with E-state index in [0.717, 1.165) is 12.1 Å². The molecule has 3 rings (SSSR count). The lowest BCUT2D eigenvalue weighted by Crippen LogP contribution is -2.35. The molecule has 2 heterocycles. The first kappa shape index (κ1) is 14.9. The van der Waals surface area contributed by atoms with Gasteiger partial charge in [-0.25, -0.2) is 4.98 Å². The zero-order chi connectivity index (χ0) is 15.7. The van der Waals surface area contributed by atoms with E-state index >= 15 is 0 Å². The highest BCUT2D eigenvalue weighted by Crippen LogP contribution is 2.36. The molecule has 4 nitrogen and oxygen atoms in total. The van der Waals surface area contributed by atoms with Gasteiger partial charge in [-0.2, -0.15) is 13.2 Å². The molecule has 7 heteroatoms. The highest BCUT2D eigenvalue weighted by molar-refractivity contribution is 5.66. The molecule has 1 saturated heterocycles. The van der Waals surface area contributed by atoms with Crippen molar-refractivity contribution < 1.29 is 22.7 Å². The molecule has 22 heavy (non-hydrogen) atoms. The monoisotopic (exact) mass is 312 g/mol. The van der Waals surface area contributed by atoms with Gasteiger partial charge in [-0.3, -0.25) is 0 Å². The Hall–Kier alpha value is -2.02. The van der Waals surface area contributed by atoms with Crippen LogP contribution in [0.2, 0.25) is 0 Å². The summed E-state index contributed by atoms with van der Waals surface area (Å²) in [5.41, 5.74) is 0.101. The van der Waals surface area contributed by atoms with Gasteiger partial charge in [-0.1, -0.05) is 0 Å². The average molecular weight is 312 g/mol. The van der Waals surface area contributed by atoms with Gasteiger partial charge in [0, 0.05) is 24.3 Å². The molecule has 0 atom stereocenters. The van der Waals surface area contributed by atoms with Crippen molar-refractivity contribution in [1.82, 2.24) is 4.98 Å². The van der Waals surface area contributed by atoms with E-state index < -0.39 is 11.7 Å². The van der Waals surface area contributed by atoms with Crippen LogP contribution in [0.3, 0.4) is 0 Å². The molecule has 1 aliphatic rings. The fraction of sp³-hybridized carbons (Fsp3) is 0.400. The Balaban J connectivity index is 2.00. The number of halogens is 3. The molecule has 0 unspecified atom stereocenters. The van der Waals surface area contributed by atoms with Gasteiger partial charge in [0.1, 0.15) is 0 Å². The van der Waals surface area contributed by atoms with Gasteiger partial charge < -0.3 is 14.4 Å². The molecular formula is C15H15F3N2O2. The van der Waals surface area contributed by atoms with Crippen molar-refractivity contribution in [2.45, 2.75) is 25.1 Å². The van der Waals surface area contributed by atoms with Crippen molar-refractivity contribution in [3.63, 3.8) is 0 Å². The van der Waals surface area contributed by atoms with Gasteiger partial charge in [0.2, 0.25) is 0 Å². The van der Waals surface area contributed by atoms with Crippen LogP contribution in [0, 0.1) is 0 Å². The van der Waals surface area contributed by atoms with E-state index in [-0.39, 0.29) is 6.10 Å². The number of piperidine rings is 1. The molecule has 0 saturated carbocycles. The van der Waals surface area contributed by atoms with Crippen LogP contribution in [0.4, 0.5) is 18.9 Å². The zero-order valence-corrected chi connectivity index (χ0v) is 11.7. The summed E-state index contributed by atoms with van der Waals surface area (Å²) in [6, 6.07) is 3.85. The molecule has 1 N–H and O–H groups in total. The highest BCUT2D eigenvalue weighted by Gasteiger charge is 2.32. The Kier molecular flexibility index (Phi) is 3.82. The van der Waals surface area contributed by atoms with E-state index in [0.29, 0.717) is 42.9 Å². The molecule has 1 aromatic heterocycles. The quantitative estimate of drug-likeness (QED) is 0.924. The highest BCUT2D eigenvalue weighted by atomic mass is 19.4. The fourth-order valence-corrected chi connectivity index (χ4v) is 2.58. The van der Waals surface area contributed by atoms with Gasteiger partial charge >= 0.3 is 6.18 Å². The summed E-state index contributed by atoms with van der Waals surface area (Å²) in [6.07, 6.45) is -1.14. The number of nitrogens with zero attached hydrogens (tertiary/aromatic N) is 2. The van der Waals surface area contributed by atoms with Crippen molar-refractivity contribution in [2.75, 3.05) is 18.0 Å². The fourth-order valence-electron chi connectivity index (χ4n) is 2.58. The van der Waals surface area contributed by atoms with Crippen molar-refractivity contribution in [3.05, 3.63) is 36.4 Å². The second-order valence-corrected chi connectivity index (χ2v) is 5.35. The van der Waals surface area contributed by atoms with Gasteiger partial charge in [0.05, 0.1) is 17.9 Å². The SMILES string of the molecule is OC1CCN(c2cc(-c3cnco3)cc(C(F)(F)F)c2)CC1. The third-order valence-electron chi connectivity index (χ3n) is 3.79. The van der Waals surface area contributed by atoms with E-state index in [1.54, 1.807) is 6.07 Å². The molecular weight excluding hydrogens is 297 g/mol. The van der Waals surface area contributed by atoms with E-state index in [4.69, 9.17) is 4.42 Å². The lowest BCUT2D eigenvalue weighted by Gasteiger charge is -2.32. The molecule has 0 radical (unpaired) electrons. The van der Waals surface area contributed by atoms with E-state index in [9.17, 15) is 18.3 Å². The van der Waals surface area contributed by atoms with Crippen LogP contribution in [-0.2, 0) is 6.18 Å². The Morgan fingerprint density at radius 1 is 1.18 bits per heavy atom. The van der Waals surface area contributed by atoms with Crippen molar-refractivity contribution in [3.8, 4) is 11.3 Å². The first-order valence-electron chi connectivity index (χ1n) is 6.97. The summed E-state index contributed by atoms with van der Waals surface area (Å²) in [7, 11) is 0. The first-order valence-corrected chi connectivity index (χ1v) is 6.97. The lowest BCUT2D eigenvalue weighted by atomic mass is 10.0. The summed E-state index contributed by atoms with van der Waals surface area (Å²) in [5, 5.41) is 9.53. The van der Waals surface area contributed by atoms with Crippen molar-refractivity contribution in [1.29, 1.82) is 0 Å². The molecule has 2 aromatic rings. The second kappa shape index (κ2) is 5.64. The molecule has 1 aliphatic heterocycles. The molecule has 1 fully saturated rings. The molecule has 0 amide bonds. The van der Waals surface area contributed by atoms with Crippen molar-refractivity contribution >= 4 is 5.69 Å². The summed E-state index contributed by atoms with van der Waals surface area (Å²) in [4.78, 5) is 5.60. The van der Waals surface area contributed by atoms with Crippen molar-refractivity contribution in [2.24, 2.45) is 0 Å². The van der Waals surface area contributed by atoms with E-state index in [1.807, 2.05) is 4.90 Å². The lowest BCUT2D eigenvalue weighted by molar-refractivity contribution is -0.137. The van der Waals surface area contributed by atoms with Crippen LogP contribution in [-0.4, -0.2) is 29.3 Å². The number of alkyl halides is 3. The standard InChI is InChI=1S/C15H15F3N2O2/c16-15(17,18)11-5-10(14-8-19-9-22-14)6-12(7-11)20-3-1-13(21)2-4-20/h5-9,13,21H,1-4H2. The number of rotatable bonds is 2. The average Bonchev–Trinajstić information content (AvgIpc) is 3.01. The van der Waals surface area contributed by atoms with Crippen LogP contribution in [0.1, 0.15) is 18.4 Å². The van der Waals surface area contributed by atoms with Gasteiger partial charge in [-0.15, -0.1) is 0 Å². The number of aromatic nitrogens is 1. The normalized spacial score (nSPS) is 17.0. The van der Waals surface area contributed by atoms with Gasteiger partial charge in [0.25, 0.3) is 0 Å². The maximum absolute atomic E-state index is 13.1. The predicted molar refractivity (Wildman–Crippen MR) is 74.4 cm³/mol. The van der Waals surface area contributed by atoms with E-state index in [2.05, 4.69) is 4.98 Å². The van der Waals surface area contributed by atoms with Crippen LogP contribution in [0.15, 0.2) is 35.2 Å².